The molecule has 0 heterocycles. The van der Waals surface area contributed by atoms with E-state index < -0.39 is 24.0 Å². The molecule has 0 rings (SSSR count). The zero-order valence-corrected chi connectivity index (χ0v) is 19.2. The van der Waals surface area contributed by atoms with Crippen molar-refractivity contribution in [2.45, 2.75) is 80.3 Å². The van der Waals surface area contributed by atoms with Crippen LogP contribution in [0.15, 0.2) is 9.98 Å². The number of aliphatic imine (C=N–C) groups is 2. The Morgan fingerprint density at radius 2 is 1.62 bits per heavy atom. The number of nitrogens with two attached hydrogens (primary N) is 3. The van der Waals surface area contributed by atoms with E-state index in [2.05, 4.69) is 23.8 Å². The first-order valence-corrected chi connectivity index (χ1v) is 13.3. The maximum Gasteiger partial charge on any atom is 0.185 e. The summed E-state index contributed by atoms with van der Waals surface area (Å²) in [6.45, 7) is 6.28. The molecule has 0 aliphatic rings. The number of rotatable bonds is 13. The molecule has 0 radical (unpaired) electrons. The predicted octanol–water partition coefficient (Wildman–Crippen LogP) is -0.608. The first kappa shape index (κ1) is 27.2. The molecule has 0 bridgehead atoms. The maximum atomic E-state index is 11.1. The molecule has 0 fully saturated rings. The first-order valence-electron chi connectivity index (χ1n) is 9.23. The van der Waals surface area contributed by atoms with Gasteiger partial charge in [-0.25, -0.2) is 0 Å². The van der Waals surface area contributed by atoms with Gasteiger partial charge in [-0.1, -0.05) is 0 Å². The maximum absolute atomic E-state index is 11.1. The second-order valence-electron chi connectivity index (χ2n) is 6.00. The third-order valence-electron chi connectivity index (χ3n) is 3.29. The number of carbonyl (C=O) groups excluding carboxylic acids is 1. The molecule has 6 N–H and O–H groups in total. The van der Waals surface area contributed by atoms with Crippen LogP contribution in [-0.2, 0) is 4.79 Å². The van der Waals surface area contributed by atoms with Gasteiger partial charge in [-0.3, -0.25) is 9.98 Å². The summed E-state index contributed by atoms with van der Waals surface area (Å²) in [5.74, 6) is -2.15. The molecule has 2 atom stereocenters. The number of hydrogen-bond donors (Lipinski definition) is 3. The predicted molar refractivity (Wildman–Crippen MR) is 105 cm³/mol. The van der Waals surface area contributed by atoms with Crippen molar-refractivity contribution >= 4 is 39.0 Å². The third kappa shape index (κ3) is 19.3. The first-order chi connectivity index (χ1) is 12.3. The standard InChI is InChI=1S/C9H19N5O3.2C4H9.Sn/c1-5(10)7(15)14-6(8(16)17)3-2-4-13-9(11)12;2*1-3-4-2;/h5-6H,2-4,10H2,1H3,(H,14,15)(H,16,17)(H4,11,12,13);2*1,3-4H2,2H3;/q;;;+2/p-2/t5-,6-;;;/m0.../s1. The van der Waals surface area contributed by atoms with Gasteiger partial charge in [-0.2, -0.15) is 0 Å². The Labute approximate surface area is 167 Å². The Morgan fingerprint density at radius 3 is 2.00 bits per heavy atom. The van der Waals surface area contributed by atoms with Crippen LogP contribution in [0.1, 0.15) is 59.3 Å². The molecule has 9 heteroatoms. The van der Waals surface area contributed by atoms with Gasteiger partial charge in [0.2, 0.25) is 0 Å². The molecule has 0 aromatic carbocycles. The number of guanidine groups is 1. The second kappa shape index (κ2) is 18.8. The molecule has 0 saturated heterocycles. The van der Waals surface area contributed by atoms with Crippen LogP contribution >= 0.6 is 0 Å². The molecule has 0 spiro atoms. The summed E-state index contributed by atoms with van der Waals surface area (Å²) in [5, 5.41) is 21.9. The number of carboxylic acid groups (broad SMARTS) is 1. The van der Waals surface area contributed by atoms with Crippen LogP contribution in [0.2, 0.25) is 8.87 Å². The Balaban J connectivity index is 0. The van der Waals surface area contributed by atoms with Crippen molar-refractivity contribution in [1.82, 2.24) is 0 Å². The minimum atomic E-state index is -1.41. The molecule has 0 unspecified atom stereocenters. The number of carboxylic acids is 1. The molecule has 8 nitrogen and oxygen atoms in total. The quantitative estimate of drug-likeness (QED) is 0.139. The van der Waals surface area contributed by atoms with Gasteiger partial charge >= 0.3 is 69.5 Å². The van der Waals surface area contributed by atoms with E-state index in [4.69, 9.17) is 17.2 Å². The van der Waals surface area contributed by atoms with E-state index >= 15 is 0 Å². The van der Waals surface area contributed by atoms with E-state index in [0.29, 0.717) is 6.42 Å². The van der Waals surface area contributed by atoms with Crippen molar-refractivity contribution in [3.8, 4) is 0 Å². The van der Waals surface area contributed by atoms with Crippen LogP contribution in [-0.4, -0.2) is 57.6 Å². The Kier molecular flexibility index (Phi) is 19.6. The van der Waals surface area contributed by atoms with E-state index in [-0.39, 0.29) is 40.1 Å². The van der Waals surface area contributed by atoms with Crippen molar-refractivity contribution in [3.05, 3.63) is 0 Å². The van der Waals surface area contributed by atoms with Crippen LogP contribution in [0.4, 0.5) is 0 Å². The number of nitrogens with zero attached hydrogens (tertiary/aromatic N) is 2. The molecule has 0 aromatic rings. The van der Waals surface area contributed by atoms with Crippen molar-refractivity contribution in [2.75, 3.05) is 6.54 Å². The van der Waals surface area contributed by atoms with Gasteiger partial charge in [0.05, 0.1) is 12.0 Å². The van der Waals surface area contributed by atoms with Crippen LogP contribution < -0.4 is 27.4 Å². The molecular formula is C17H35N5O3Sn. The van der Waals surface area contributed by atoms with E-state index in [1.165, 1.54) is 32.6 Å². The fourth-order valence-corrected chi connectivity index (χ4v) is 5.89. The Bertz CT molecular complexity index is 407. The summed E-state index contributed by atoms with van der Waals surface area (Å²) < 4.78 is 3.25. The SMILES string of the molecule is CCC[CH2][Sn+2][CH2]CCC.C[C@H](N)C([O-])=N[C@@H](CCCN=C(N)N)C(=O)[O-]. The summed E-state index contributed by atoms with van der Waals surface area (Å²) in [6.07, 6.45) is 6.34. The van der Waals surface area contributed by atoms with E-state index in [9.17, 15) is 15.0 Å². The van der Waals surface area contributed by atoms with Gasteiger partial charge in [0, 0.05) is 12.6 Å². The summed E-state index contributed by atoms with van der Waals surface area (Å²) in [5.41, 5.74) is 15.5. The topological polar surface area (TPSA) is 166 Å². The largest absolute Gasteiger partial charge is 0.861 e. The van der Waals surface area contributed by atoms with Crippen molar-refractivity contribution in [2.24, 2.45) is 27.2 Å². The summed E-state index contributed by atoms with van der Waals surface area (Å²) >= 11 is 0.149. The number of carbonyl (C=O) groups is 1. The number of hydrogen-bond acceptors (Lipinski definition) is 6. The Morgan fingerprint density at radius 1 is 1.08 bits per heavy atom. The third-order valence-corrected chi connectivity index (χ3v) is 7.33. The van der Waals surface area contributed by atoms with E-state index in [1.807, 2.05) is 0 Å². The molecule has 26 heavy (non-hydrogen) atoms. The average molecular weight is 476 g/mol. The van der Waals surface area contributed by atoms with Crippen LogP contribution in [0.3, 0.4) is 0 Å². The minimum absolute atomic E-state index is 0.0707. The molecule has 150 valence electrons. The van der Waals surface area contributed by atoms with Gasteiger partial charge < -0.3 is 32.2 Å². The van der Waals surface area contributed by atoms with Crippen LogP contribution in [0.5, 0.6) is 0 Å². The molecule has 0 saturated carbocycles. The monoisotopic (exact) mass is 477 g/mol. The van der Waals surface area contributed by atoms with Gasteiger partial charge in [0.1, 0.15) is 0 Å². The fourth-order valence-electron chi connectivity index (χ4n) is 1.73. The molecule has 0 aliphatic carbocycles. The molecule has 0 amide bonds. The average Bonchev–Trinajstić information content (AvgIpc) is 2.57. The number of aliphatic carboxylic acids is 1. The Hall–Kier alpha value is -1.03. The smallest absolute Gasteiger partial charge is 0.185 e. The van der Waals surface area contributed by atoms with Gasteiger partial charge in [-0.15, -0.1) is 0 Å². The summed E-state index contributed by atoms with van der Waals surface area (Å²) in [4.78, 5) is 17.8. The minimum Gasteiger partial charge on any atom is -0.861 e. The molecular weight excluding hydrogens is 441 g/mol. The fraction of sp³-hybridized carbons (Fsp3) is 0.824. The van der Waals surface area contributed by atoms with Crippen molar-refractivity contribution in [1.29, 1.82) is 0 Å². The number of unbranched alkanes of at least 4 members (excludes halogenated alkanes) is 2. The normalized spacial score (nSPS) is 13.0. The zero-order chi connectivity index (χ0) is 20.4. The molecule has 0 aromatic heterocycles. The van der Waals surface area contributed by atoms with Crippen LogP contribution in [0.25, 0.3) is 0 Å². The van der Waals surface area contributed by atoms with E-state index in [0.717, 1.165) is 0 Å². The summed E-state index contributed by atoms with van der Waals surface area (Å²) in [6, 6.07) is -2.03. The van der Waals surface area contributed by atoms with Gasteiger partial charge in [0.15, 0.2) is 5.96 Å². The van der Waals surface area contributed by atoms with Crippen molar-refractivity contribution in [3.63, 3.8) is 0 Å². The van der Waals surface area contributed by atoms with Crippen LogP contribution in [0, 0.1) is 0 Å². The van der Waals surface area contributed by atoms with Gasteiger partial charge in [0.25, 0.3) is 0 Å². The van der Waals surface area contributed by atoms with E-state index in [1.54, 1.807) is 8.87 Å². The molecule has 0 aliphatic heterocycles. The van der Waals surface area contributed by atoms with Crippen molar-refractivity contribution < 1.29 is 15.0 Å². The zero-order valence-electron chi connectivity index (χ0n) is 16.4. The summed E-state index contributed by atoms with van der Waals surface area (Å²) in [7, 11) is 0. The second-order valence-corrected chi connectivity index (χ2v) is 10.3. The van der Waals surface area contributed by atoms with Gasteiger partial charge in [-0.05, 0) is 25.7 Å².